The topological polar surface area (TPSA) is 68.9 Å². The number of nitrogens with zero attached hydrogens (tertiary/aromatic N) is 4. The molecule has 0 radical (unpaired) electrons. The Morgan fingerprint density at radius 3 is 2.59 bits per heavy atom. The van der Waals surface area contributed by atoms with E-state index in [9.17, 15) is 0 Å². The van der Waals surface area contributed by atoms with Crippen molar-refractivity contribution in [2.75, 3.05) is 17.7 Å². The Balaban J connectivity index is 1.40. The Morgan fingerprint density at radius 2 is 1.82 bits per heavy atom. The molecule has 0 amide bonds. The summed E-state index contributed by atoms with van der Waals surface area (Å²) < 4.78 is 9.03. The molecular formula is C24H24Cl2N6OS. The van der Waals surface area contributed by atoms with Crippen molar-refractivity contribution in [1.29, 1.82) is 0 Å². The Bertz CT molecular complexity index is 1330. The van der Waals surface area contributed by atoms with Crippen molar-refractivity contribution in [2.24, 2.45) is 0 Å². The minimum absolute atomic E-state index is 0.459. The molecule has 2 aromatic heterocycles. The first kappa shape index (κ1) is 24.1. The number of anilines is 2. The molecule has 34 heavy (non-hydrogen) atoms. The molecule has 10 heteroatoms. The van der Waals surface area contributed by atoms with Crippen molar-refractivity contribution in [1.82, 2.24) is 19.6 Å². The molecule has 7 nitrogen and oxygen atoms in total. The molecule has 2 heterocycles. The molecule has 2 N–H and O–H groups in total. The Labute approximate surface area is 213 Å². The molecule has 0 aliphatic carbocycles. The second-order valence-corrected chi connectivity index (χ2v) is 9.03. The van der Waals surface area contributed by atoms with Gasteiger partial charge in [-0.3, -0.25) is 9.36 Å². The van der Waals surface area contributed by atoms with Gasteiger partial charge in [0.25, 0.3) is 0 Å². The molecule has 0 fully saturated rings. The fourth-order valence-electron chi connectivity index (χ4n) is 3.59. The van der Waals surface area contributed by atoms with Crippen LogP contribution in [0.2, 0.25) is 10.0 Å². The van der Waals surface area contributed by atoms with Crippen molar-refractivity contribution in [2.45, 2.75) is 26.9 Å². The molecule has 0 spiro atoms. The van der Waals surface area contributed by atoms with Gasteiger partial charge in [-0.25, -0.2) is 0 Å². The van der Waals surface area contributed by atoms with Crippen LogP contribution in [0.15, 0.2) is 54.9 Å². The number of methoxy groups -OCH3 is 1. The van der Waals surface area contributed by atoms with Gasteiger partial charge in [0.15, 0.2) is 5.11 Å². The Hall–Kier alpha value is -3.07. The van der Waals surface area contributed by atoms with E-state index in [2.05, 4.69) is 20.8 Å². The first-order valence-corrected chi connectivity index (χ1v) is 11.7. The summed E-state index contributed by atoms with van der Waals surface area (Å²) in [6.07, 6.45) is 3.64. The van der Waals surface area contributed by atoms with Crippen LogP contribution in [0.25, 0.3) is 0 Å². The summed E-state index contributed by atoms with van der Waals surface area (Å²) in [7, 11) is 1.66. The largest absolute Gasteiger partial charge is 0.497 e. The summed E-state index contributed by atoms with van der Waals surface area (Å²) >= 11 is 17.7. The van der Waals surface area contributed by atoms with Crippen molar-refractivity contribution >= 4 is 51.9 Å². The van der Waals surface area contributed by atoms with E-state index in [0.29, 0.717) is 28.2 Å². The van der Waals surface area contributed by atoms with Gasteiger partial charge in [0.2, 0.25) is 0 Å². The maximum atomic E-state index is 6.15. The Kier molecular flexibility index (Phi) is 7.41. The molecule has 0 unspecified atom stereocenters. The van der Waals surface area contributed by atoms with Crippen LogP contribution in [-0.4, -0.2) is 31.8 Å². The number of thiocarbonyl (C=S) groups is 1. The van der Waals surface area contributed by atoms with Crippen LogP contribution in [0, 0.1) is 13.8 Å². The highest BCUT2D eigenvalue weighted by molar-refractivity contribution is 7.80. The molecule has 4 aromatic rings. The van der Waals surface area contributed by atoms with Crippen molar-refractivity contribution in [3.8, 4) is 5.75 Å². The Morgan fingerprint density at radius 1 is 1.03 bits per heavy atom. The minimum atomic E-state index is 0.459. The number of aromatic nitrogens is 4. The van der Waals surface area contributed by atoms with Crippen molar-refractivity contribution in [3.05, 3.63) is 87.4 Å². The number of ether oxygens (including phenoxy) is 1. The van der Waals surface area contributed by atoms with E-state index in [-0.39, 0.29) is 0 Å². The molecule has 0 bridgehead atoms. The van der Waals surface area contributed by atoms with E-state index in [4.69, 9.17) is 40.2 Å². The zero-order valence-corrected chi connectivity index (χ0v) is 21.3. The van der Waals surface area contributed by atoms with Gasteiger partial charge in [-0.2, -0.15) is 10.2 Å². The van der Waals surface area contributed by atoms with Crippen LogP contribution in [0.1, 0.15) is 22.5 Å². The smallest absolute Gasteiger partial charge is 0.175 e. The van der Waals surface area contributed by atoms with Crippen LogP contribution >= 0.6 is 35.4 Å². The van der Waals surface area contributed by atoms with Gasteiger partial charge in [-0.15, -0.1) is 0 Å². The minimum Gasteiger partial charge on any atom is -0.497 e. The summed E-state index contributed by atoms with van der Waals surface area (Å²) in [5.41, 5.74) is 5.56. The number of benzene rings is 2. The van der Waals surface area contributed by atoms with Crippen LogP contribution in [0.5, 0.6) is 5.75 Å². The van der Waals surface area contributed by atoms with Crippen LogP contribution in [0.3, 0.4) is 0 Å². The molecular weight excluding hydrogens is 491 g/mol. The van der Waals surface area contributed by atoms with Gasteiger partial charge < -0.3 is 15.4 Å². The van der Waals surface area contributed by atoms with Gasteiger partial charge in [0.05, 0.1) is 59.2 Å². The summed E-state index contributed by atoms with van der Waals surface area (Å²) in [4.78, 5) is 0. The SMILES string of the molecule is COc1cccc(Cn2cc(NC(=S)Nc3c(C)nn(Cc4ccc(Cl)c(Cl)c4)c3C)cn2)c1. The standard InChI is InChI=1S/C24H24Cl2N6OS/c1-15-23(16(2)32(30-15)13-18-7-8-21(25)22(26)10-18)29-24(34)28-19-11-27-31(14-19)12-17-5-4-6-20(9-17)33-3/h4-11,14H,12-13H2,1-3H3,(H2,28,29,34). The normalized spacial score (nSPS) is 10.9. The van der Waals surface area contributed by atoms with Gasteiger partial charge in [-0.1, -0.05) is 41.4 Å². The first-order chi connectivity index (χ1) is 16.3. The summed E-state index contributed by atoms with van der Waals surface area (Å²) in [5, 5.41) is 17.0. The number of rotatable bonds is 7. The third-order valence-corrected chi connectivity index (χ3v) is 6.25. The molecule has 176 valence electrons. The number of hydrogen-bond donors (Lipinski definition) is 2. The highest BCUT2D eigenvalue weighted by Gasteiger charge is 2.14. The van der Waals surface area contributed by atoms with Crippen LogP contribution < -0.4 is 15.4 Å². The molecule has 0 saturated heterocycles. The zero-order valence-electron chi connectivity index (χ0n) is 19.0. The van der Waals surface area contributed by atoms with Crippen LogP contribution in [-0.2, 0) is 13.1 Å². The average Bonchev–Trinajstić information content (AvgIpc) is 3.35. The third-order valence-electron chi connectivity index (χ3n) is 5.31. The molecule has 0 atom stereocenters. The van der Waals surface area contributed by atoms with E-state index in [1.165, 1.54) is 0 Å². The zero-order chi connectivity index (χ0) is 24.2. The van der Waals surface area contributed by atoms with Gasteiger partial charge >= 0.3 is 0 Å². The lowest BCUT2D eigenvalue weighted by Gasteiger charge is -2.10. The molecule has 0 aliphatic heterocycles. The van der Waals surface area contributed by atoms with E-state index < -0.39 is 0 Å². The number of hydrogen-bond acceptors (Lipinski definition) is 4. The maximum Gasteiger partial charge on any atom is 0.175 e. The van der Waals surface area contributed by atoms with Crippen LogP contribution in [0.4, 0.5) is 11.4 Å². The van der Waals surface area contributed by atoms with Gasteiger partial charge in [0, 0.05) is 6.20 Å². The fraction of sp³-hybridized carbons (Fsp3) is 0.208. The highest BCUT2D eigenvalue weighted by Crippen LogP contribution is 2.25. The quantitative estimate of drug-likeness (QED) is 0.298. The molecule has 4 rings (SSSR count). The predicted molar refractivity (Wildman–Crippen MR) is 141 cm³/mol. The molecule has 2 aromatic carbocycles. The summed E-state index contributed by atoms with van der Waals surface area (Å²) in [5.74, 6) is 0.818. The van der Waals surface area contributed by atoms with Crippen molar-refractivity contribution in [3.63, 3.8) is 0 Å². The second kappa shape index (κ2) is 10.5. The lowest BCUT2D eigenvalue weighted by atomic mass is 10.2. The lowest BCUT2D eigenvalue weighted by Crippen LogP contribution is -2.19. The fourth-order valence-corrected chi connectivity index (χ4v) is 4.13. The monoisotopic (exact) mass is 514 g/mol. The first-order valence-electron chi connectivity index (χ1n) is 10.5. The summed E-state index contributed by atoms with van der Waals surface area (Å²) in [6, 6.07) is 13.5. The average molecular weight is 515 g/mol. The molecule has 0 saturated carbocycles. The van der Waals surface area contributed by atoms with Crippen molar-refractivity contribution < 1.29 is 4.74 Å². The number of halogens is 2. The summed E-state index contributed by atoms with van der Waals surface area (Å²) in [6.45, 7) is 5.13. The highest BCUT2D eigenvalue weighted by atomic mass is 35.5. The van der Waals surface area contributed by atoms with E-state index in [1.807, 2.05) is 65.8 Å². The predicted octanol–water partition coefficient (Wildman–Crippen LogP) is 5.92. The van der Waals surface area contributed by atoms with E-state index in [1.54, 1.807) is 19.4 Å². The second-order valence-electron chi connectivity index (χ2n) is 7.81. The number of nitrogens with one attached hydrogen (secondary N) is 2. The number of aryl methyl sites for hydroxylation is 1. The molecule has 0 aliphatic rings. The van der Waals surface area contributed by atoms with E-state index >= 15 is 0 Å². The third kappa shape index (κ3) is 5.70. The van der Waals surface area contributed by atoms with E-state index in [0.717, 1.165) is 39.6 Å². The van der Waals surface area contributed by atoms with Gasteiger partial charge in [0.1, 0.15) is 5.75 Å². The maximum absolute atomic E-state index is 6.15. The lowest BCUT2D eigenvalue weighted by molar-refractivity contribution is 0.414. The van der Waals surface area contributed by atoms with Gasteiger partial charge in [-0.05, 0) is 61.5 Å².